The van der Waals surface area contributed by atoms with E-state index in [0.717, 1.165) is 6.26 Å². The van der Waals surface area contributed by atoms with Crippen LogP contribution in [0.15, 0.2) is 41.3 Å². The van der Waals surface area contributed by atoms with Crippen LogP contribution >= 0.6 is 23.2 Å². The van der Waals surface area contributed by atoms with E-state index in [1.807, 2.05) is 0 Å². The van der Waals surface area contributed by atoms with E-state index in [0.29, 0.717) is 16.3 Å². The van der Waals surface area contributed by atoms with E-state index in [2.05, 4.69) is 5.32 Å². The fraction of sp³-hybridized carbons (Fsp3) is 0.143. The fourth-order valence-corrected chi connectivity index (χ4v) is 3.38. The summed E-state index contributed by atoms with van der Waals surface area (Å²) in [6.07, 6.45) is 1.11. The summed E-state index contributed by atoms with van der Waals surface area (Å²) in [7, 11) is -3.40. The van der Waals surface area contributed by atoms with E-state index in [1.165, 1.54) is 18.2 Å². The standard InChI is InChI=1S/C14H12Cl2FNO2S/c1-21(19,20)14-4-2-3-13(16)12(14)8-18-11-6-9(15)5-10(17)7-11/h2-7,18H,8H2,1H3. The molecule has 1 N–H and O–H groups in total. The molecular weight excluding hydrogens is 336 g/mol. The molecule has 0 saturated heterocycles. The van der Waals surface area contributed by atoms with E-state index < -0.39 is 15.7 Å². The number of nitrogens with one attached hydrogen (secondary N) is 1. The smallest absolute Gasteiger partial charge is 0.175 e. The average Bonchev–Trinajstić information content (AvgIpc) is 2.34. The molecule has 0 amide bonds. The minimum Gasteiger partial charge on any atom is -0.381 e. The van der Waals surface area contributed by atoms with Crippen LogP contribution in [0.2, 0.25) is 10.0 Å². The summed E-state index contributed by atoms with van der Waals surface area (Å²) in [6.45, 7) is 0.141. The molecule has 0 aliphatic carbocycles. The third-order valence-corrected chi connectivity index (χ3v) is 4.56. The Morgan fingerprint density at radius 3 is 2.52 bits per heavy atom. The van der Waals surface area contributed by atoms with Gasteiger partial charge in [0.1, 0.15) is 5.82 Å². The number of rotatable bonds is 4. The highest BCUT2D eigenvalue weighted by atomic mass is 35.5. The van der Waals surface area contributed by atoms with Gasteiger partial charge in [-0.05, 0) is 30.3 Å². The Morgan fingerprint density at radius 2 is 1.90 bits per heavy atom. The second-order valence-electron chi connectivity index (χ2n) is 4.50. The first-order valence-corrected chi connectivity index (χ1v) is 8.59. The molecule has 112 valence electrons. The molecule has 0 atom stereocenters. The Bertz CT molecular complexity index is 758. The molecule has 0 aliphatic rings. The summed E-state index contributed by atoms with van der Waals surface area (Å²) in [6, 6.07) is 8.65. The maximum atomic E-state index is 13.3. The third kappa shape index (κ3) is 4.09. The zero-order valence-corrected chi connectivity index (χ0v) is 13.4. The largest absolute Gasteiger partial charge is 0.381 e. The Kier molecular flexibility index (Phi) is 4.76. The van der Waals surface area contributed by atoms with Crippen LogP contribution in [0.5, 0.6) is 0 Å². The molecule has 0 aromatic heterocycles. The molecule has 2 aromatic rings. The van der Waals surface area contributed by atoms with Crippen LogP contribution in [0.25, 0.3) is 0 Å². The second-order valence-corrected chi connectivity index (χ2v) is 7.33. The van der Waals surface area contributed by atoms with Crippen molar-refractivity contribution >= 4 is 38.7 Å². The Balaban J connectivity index is 2.32. The van der Waals surface area contributed by atoms with Crippen LogP contribution in [0.1, 0.15) is 5.56 Å². The second kappa shape index (κ2) is 6.22. The van der Waals surface area contributed by atoms with Crippen molar-refractivity contribution in [2.45, 2.75) is 11.4 Å². The summed E-state index contributed by atoms with van der Waals surface area (Å²) in [5, 5.41) is 3.50. The molecule has 21 heavy (non-hydrogen) atoms. The van der Waals surface area contributed by atoms with E-state index in [9.17, 15) is 12.8 Å². The van der Waals surface area contributed by atoms with Crippen molar-refractivity contribution in [2.75, 3.05) is 11.6 Å². The van der Waals surface area contributed by atoms with Gasteiger partial charge in [0.25, 0.3) is 0 Å². The lowest BCUT2D eigenvalue weighted by Gasteiger charge is -2.12. The maximum Gasteiger partial charge on any atom is 0.175 e. The SMILES string of the molecule is CS(=O)(=O)c1cccc(Cl)c1CNc1cc(F)cc(Cl)c1. The predicted octanol–water partition coefficient (Wildman–Crippen LogP) is 4.15. The lowest BCUT2D eigenvalue weighted by molar-refractivity contribution is 0.601. The van der Waals surface area contributed by atoms with Crippen LogP contribution in [-0.2, 0) is 16.4 Å². The minimum absolute atomic E-state index is 0.141. The number of hydrogen-bond donors (Lipinski definition) is 1. The number of sulfone groups is 1. The van der Waals surface area contributed by atoms with Crippen LogP contribution in [0.4, 0.5) is 10.1 Å². The van der Waals surface area contributed by atoms with Gasteiger partial charge in [-0.25, -0.2) is 12.8 Å². The number of anilines is 1. The van der Waals surface area contributed by atoms with Crippen molar-refractivity contribution in [1.29, 1.82) is 0 Å². The van der Waals surface area contributed by atoms with E-state index in [1.54, 1.807) is 18.2 Å². The van der Waals surface area contributed by atoms with Crippen molar-refractivity contribution in [3.05, 3.63) is 57.8 Å². The van der Waals surface area contributed by atoms with Crippen LogP contribution in [0.3, 0.4) is 0 Å². The van der Waals surface area contributed by atoms with E-state index in [-0.39, 0.29) is 16.5 Å². The zero-order chi connectivity index (χ0) is 15.6. The van der Waals surface area contributed by atoms with Gasteiger partial charge in [-0.3, -0.25) is 0 Å². The normalized spacial score (nSPS) is 11.4. The van der Waals surface area contributed by atoms with Gasteiger partial charge in [0, 0.05) is 34.1 Å². The van der Waals surface area contributed by atoms with Crippen molar-refractivity contribution in [3.8, 4) is 0 Å². The molecule has 3 nitrogen and oxygen atoms in total. The highest BCUT2D eigenvalue weighted by Crippen LogP contribution is 2.26. The van der Waals surface area contributed by atoms with Crippen molar-refractivity contribution in [1.82, 2.24) is 0 Å². The van der Waals surface area contributed by atoms with Crippen LogP contribution in [-0.4, -0.2) is 14.7 Å². The van der Waals surface area contributed by atoms with Gasteiger partial charge < -0.3 is 5.32 Å². The summed E-state index contributed by atoms with van der Waals surface area (Å²) < 4.78 is 36.8. The molecule has 2 aromatic carbocycles. The lowest BCUT2D eigenvalue weighted by Crippen LogP contribution is -2.08. The van der Waals surface area contributed by atoms with Crippen molar-refractivity contribution in [2.24, 2.45) is 0 Å². The summed E-state index contributed by atoms with van der Waals surface area (Å²) in [4.78, 5) is 0.144. The Hall–Kier alpha value is -1.30. The summed E-state index contributed by atoms with van der Waals surface area (Å²) >= 11 is 11.8. The summed E-state index contributed by atoms with van der Waals surface area (Å²) in [5.74, 6) is -0.479. The van der Waals surface area contributed by atoms with Gasteiger partial charge in [0.2, 0.25) is 0 Å². The summed E-state index contributed by atoms with van der Waals surface area (Å²) in [5.41, 5.74) is 0.876. The Labute approximate surface area is 132 Å². The number of halogens is 3. The highest BCUT2D eigenvalue weighted by Gasteiger charge is 2.15. The molecule has 0 heterocycles. The van der Waals surface area contributed by atoms with Crippen LogP contribution < -0.4 is 5.32 Å². The van der Waals surface area contributed by atoms with Crippen molar-refractivity contribution in [3.63, 3.8) is 0 Å². The van der Waals surface area contributed by atoms with Gasteiger partial charge in [0.05, 0.1) is 4.90 Å². The molecule has 0 bridgehead atoms. The molecule has 0 unspecified atom stereocenters. The van der Waals surface area contributed by atoms with Gasteiger partial charge >= 0.3 is 0 Å². The van der Waals surface area contributed by atoms with Gasteiger partial charge in [0.15, 0.2) is 9.84 Å². The average molecular weight is 348 g/mol. The topological polar surface area (TPSA) is 46.2 Å². The number of benzene rings is 2. The van der Waals surface area contributed by atoms with E-state index in [4.69, 9.17) is 23.2 Å². The lowest BCUT2D eigenvalue weighted by atomic mass is 10.2. The first kappa shape index (κ1) is 16.1. The molecule has 0 spiro atoms. The molecule has 7 heteroatoms. The van der Waals surface area contributed by atoms with Crippen molar-refractivity contribution < 1.29 is 12.8 Å². The molecule has 0 aliphatic heterocycles. The molecular formula is C14H12Cl2FNO2S. The third-order valence-electron chi connectivity index (χ3n) is 2.81. The monoisotopic (exact) mass is 347 g/mol. The predicted molar refractivity (Wildman–Crippen MR) is 83.3 cm³/mol. The first-order valence-electron chi connectivity index (χ1n) is 5.95. The van der Waals surface area contributed by atoms with Crippen LogP contribution in [0, 0.1) is 5.82 Å². The fourth-order valence-electron chi connectivity index (χ4n) is 1.90. The molecule has 0 radical (unpaired) electrons. The van der Waals surface area contributed by atoms with Gasteiger partial charge in [-0.1, -0.05) is 29.3 Å². The Morgan fingerprint density at radius 1 is 1.19 bits per heavy atom. The van der Waals surface area contributed by atoms with E-state index >= 15 is 0 Å². The highest BCUT2D eigenvalue weighted by molar-refractivity contribution is 7.90. The maximum absolute atomic E-state index is 13.3. The molecule has 0 saturated carbocycles. The molecule has 2 rings (SSSR count). The quantitative estimate of drug-likeness (QED) is 0.903. The minimum atomic E-state index is -3.40. The van der Waals surface area contributed by atoms with Gasteiger partial charge in [-0.15, -0.1) is 0 Å². The first-order chi connectivity index (χ1) is 9.77. The molecule has 0 fully saturated rings. The zero-order valence-electron chi connectivity index (χ0n) is 11.0. The van der Waals surface area contributed by atoms with Gasteiger partial charge in [-0.2, -0.15) is 0 Å². The number of hydrogen-bond acceptors (Lipinski definition) is 3.